The monoisotopic (exact) mass is 251 g/mol. The molecule has 0 bridgehead atoms. The average Bonchev–Trinajstić information content (AvgIpc) is 2.62. The van der Waals surface area contributed by atoms with E-state index >= 15 is 0 Å². The van der Waals surface area contributed by atoms with Crippen LogP contribution in [0.5, 0.6) is 0 Å². The van der Waals surface area contributed by atoms with Gasteiger partial charge < -0.3 is 9.30 Å². The van der Waals surface area contributed by atoms with E-state index in [0.29, 0.717) is 12.2 Å². The number of aryl methyl sites for hydroxylation is 1. The molecule has 1 aromatic heterocycles. The molecule has 3 heteroatoms. The molecule has 0 N–H and O–H groups in total. The van der Waals surface area contributed by atoms with Gasteiger partial charge in [0.15, 0.2) is 0 Å². The van der Waals surface area contributed by atoms with Crippen molar-refractivity contribution >= 4 is 5.97 Å². The van der Waals surface area contributed by atoms with E-state index in [0.717, 1.165) is 17.9 Å². The third-order valence-corrected chi connectivity index (χ3v) is 3.30. The number of unbranched alkanes of at least 4 members (excludes halogenated alkanes) is 3. The van der Waals surface area contributed by atoms with E-state index in [9.17, 15) is 4.79 Å². The van der Waals surface area contributed by atoms with Gasteiger partial charge in [0, 0.05) is 17.9 Å². The van der Waals surface area contributed by atoms with Gasteiger partial charge in [-0.25, -0.2) is 4.79 Å². The summed E-state index contributed by atoms with van der Waals surface area (Å²) in [6.45, 7) is 9.53. The summed E-state index contributed by atoms with van der Waals surface area (Å²) in [6.07, 6.45) is 4.95. The Morgan fingerprint density at radius 3 is 2.56 bits per heavy atom. The molecule has 18 heavy (non-hydrogen) atoms. The number of nitrogens with zero attached hydrogens (tertiary/aromatic N) is 1. The fourth-order valence-electron chi connectivity index (χ4n) is 2.26. The molecule has 0 aliphatic heterocycles. The molecule has 0 saturated carbocycles. The largest absolute Gasteiger partial charge is 0.462 e. The van der Waals surface area contributed by atoms with E-state index < -0.39 is 0 Å². The minimum Gasteiger partial charge on any atom is -0.462 e. The summed E-state index contributed by atoms with van der Waals surface area (Å²) in [4.78, 5) is 11.8. The fraction of sp³-hybridized carbons (Fsp3) is 0.667. The first-order chi connectivity index (χ1) is 8.61. The van der Waals surface area contributed by atoms with E-state index in [1.165, 1.54) is 25.7 Å². The summed E-state index contributed by atoms with van der Waals surface area (Å²) in [6, 6.07) is 1.94. The number of carbonyl (C=O) groups is 1. The molecular weight excluding hydrogens is 226 g/mol. The van der Waals surface area contributed by atoms with Crippen molar-refractivity contribution in [1.29, 1.82) is 0 Å². The number of rotatable bonds is 7. The maximum Gasteiger partial charge on any atom is 0.339 e. The number of hydrogen-bond acceptors (Lipinski definition) is 2. The molecule has 0 aromatic carbocycles. The lowest BCUT2D eigenvalue weighted by atomic mass is 10.2. The highest BCUT2D eigenvalue weighted by atomic mass is 16.5. The third-order valence-electron chi connectivity index (χ3n) is 3.30. The molecule has 0 spiro atoms. The van der Waals surface area contributed by atoms with Crippen molar-refractivity contribution in [3.8, 4) is 0 Å². The summed E-state index contributed by atoms with van der Waals surface area (Å²) in [5, 5.41) is 0. The second-order valence-electron chi connectivity index (χ2n) is 4.72. The predicted molar refractivity (Wildman–Crippen MR) is 74.0 cm³/mol. The number of ether oxygens (including phenoxy) is 1. The minimum absolute atomic E-state index is 0.203. The standard InChI is InChI=1S/C15H25NO2/c1-5-7-8-9-10-16-12(3)11-14(13(16)4)15(17)18-6-2/h11H,5-10H2,1-4H3. The Kier molecular flexibility index (Phi) is 5.96. The molecular formula is C15H25NO2. The first-order valence-corrected chi connectivity index (χ1v) is 6.95. The summed E-state index contributed by atoms with van der Waals surface area (Å²) in [5.74, 6) is -0.203. The van der Waals surface area contributed by atoms with Gasteiger partial charge in [-0.15, -0.1) is 0 Å². The van der Waals surface area contributed by atoms with Gasteiger partial charge in [-0.1, -0.05) is 26.2 Å². The van der Waals surface area contributed by atoms with Crippen LogP contribution in [-0.4, -0.2) is 17.1 Å². The Morgan fingerprint density at radius 1 is 1.22 bits per heavy atom. The van der Waals surface area contributed by atoms with E-state index in [4.69, 9.17) is 4.74 Å². The van der Waals surface area contributed by atoms with Crippen molar-refractivity contribution in [2.24, 2.45) is 0 Å². The van der Waals surface area contributed by atoms with Gasteiger partial charge in [0.25, 0.3) is 0 Å². The van der Waals surface area contributed by atoms with E-state index in [1.807, 2.05) is 19.9 Å². The molecule has 0 amide bonds. The molecule has 102 valence electrons. The van der Waals surface area contributed by atoms with Crippen LogP contribution in [0.4, 0.5) is 0 Å². The van der Waals surface area contributed by atoms with Crippen molar-refractivity contribution in [1.82, 2.24) is 4.57 Å². The molecule has 1 aromatic rings. The summed E-state index contributed by atoms with van der Waals surface area (Å²) >= 11 is 0. The Labute approximate surface area is 110 Å². The van der Waals surface area contributed by atoms with E-state index in [2.05, 4.69) is 18.4 Å². The summed E-state index contributed by atoms with van der Waals surface area (Å²) < 4.78 is 7.29. The zero-order chi connectivity index (χ0) is 13.5. The Balaban J connectivity index is 2.71. The lowest BCUT2D eigenvalue weighted by molar-refractivity contribution is 0.0525. The van der Waals surface area contributed by atoms with Crippen LogP contribution < -0.4 is 0 Å². The number of aromatic nitrogens is 1. The second kappa shape index (κ2) is 7.24. The maximum absolute atomic E-state index is 11.8. The van der Waals surface area contributed by atoms with Crippen LogP contribution in [0.1, 0.15) is 61.3 Å². The molecule has 0 aliphatic carbocycles. The maximum atomic E-state index is 11.8. The molecule has 3 nitrogen and oxygen atoms in total. The molecule has 0 radical (unpaired) electrons. The Bertz CT molecular complexity index is 393. The molecule has 0 unspecified atom stereocenters. The highest BCUT2D eigenvalue weighted by Gasteiger charge is 2.15. The smallest absolute Gasteiger partial charge is 0.339 e. The van der Waals surface area contributed by atoms with Crippen LogP contribution in [0.25, 0.3) is 0 Å². The average molecular weight is 251 g/mol. The quantitative estimate of drug-likeness (QED) is 0.544. The van der Waals surface area contributed by atoms with Crippen LogP contribution in [0.3, 0.4) is 0 Å². The topological polar surface area (TPSA) is 31.2 Å². The number of hydrogen-bond donors (Lipinski definition) is 0. The van der Waals surface area contributed by atoms with Crippen molar-refractivity contribution in [2.75, 3.05) is 6.61 Å². The summed E-state index contributed by atoms with van der Waals surface area (Å²) in [7, 11) is 0. The molecule has 0 aliphatic rings. The highest BCUT2D eigenvalue weighted by molar-refractivity contribution is 5.91. The minimum atomic E-state index is -0.203. The lowest BCUT2D eigenvalue weighted by Gasteiger charge is -2.09. The zero-order valence-corrected chi connectivity index (χ0v) is 12.1. The lowest BCUT2D eigenvalue weighted by Crippen LogP contribution is -2.08. The Morgan fingerprint density at radius 2 is 1.94 bits per heavy atom. The number of carbonyl (C=O) groups excluding carboxylic acids is 1. The molecule has 0 atom stereocenters. The molecule has 0 saturated heterocycles. The van der Waals surface area contributed by atoms with Gasteiger partial charge in [0.2, 0.25) is 0 Å². The van der Waals surface area contributed by atoms with Crippen molar-refractivity contribution < 1.29 is 9.53 Å². The number of esters is 1. The highest BCUT2D eigenvalue weighted by Crippen LogP contribution is 2.17. The van der Waals surface area contributed by atoms with Crippen molar-refractivity contribution in [3.05, 3.63) is 23.0 Å². The van der Waals surface area contributed by atoms with Crippen LogP contribution >= 0.6 is 0 Å². The predicted octanol–water partition coefficient (Wildman–Crippen LogP) is 3.86. The van der Waals surface area contributed by atoms with Crippen molar-refractivity contribution in [2.45, 2.75) is 59.9 Å². The van der Waals surface area contributed by atoms with E-state index in [-0.39, 0.29) is 5.97 Å². The summed E-state index contributed by atoms with van der Waals surface area (Å²) in [5.41, 5.74) is 2.89. The molecule has 0 fully saturated rings. The Hall–Kier alpha value is -1.25. The normalized spacial score (nSPS) is 10.7. The zero-order valence-electron chi connectivity index (χ0n) is 12.1. The van der Waals surface area contributed by atoms with Gasteiger partial charge in [0.1, 0.15) is 0 Å². The SMILES string of the molecule is CCCCCCn1c(C)cc(C(=O)OCC)c1C. The van der Waals surface area contributed by atoms with Crippen LogP contribution in [0.15, 0.2) is 6.07 Å². The van der Waals surface area contributed by atoms with Gasteiger partial charge in [-0.05, 0) is 33.3 Å². The van der Waals surface area contributed by atoms with Gasteiger partial charge in [-0.3, -0.25) is 0 Å². The third kappa shape index (κ3) is 3.62. The van der Waals surface area contributed by atoms with Crippen LogP contribution in [-0.2, 0) is 11.3 Å². The van der Waals surface area contributed by atoms with Gasteiger partial charge in [-0.2, -0.15) is 0 Å². The van der Waals surface area contributed by atoms with Gasteiger partial charge in [0.05, 0.1) is 12.2 Å². The fourth-order valence-corrected chi connectivity index (χ4v) is 2.26. The first-order valence-electron chi connectivity index (χ1n) is 6.95. The van der Waals surface area contributed by atoms with Crippen LogP contribution in [0.2, 0.25) is 0 Å². The van der Waals surface area contributed by atoms with Crippen LogP contribution in [0, 0.1) is 13.8 Å². The van der Waals surface area contributed by atoms with Gasteiger partial charge >= 0.3 is 5.97 Å². The second-order valence-corrected chi connectivity index (χ2v) is 4.72. The van der Waals surface area contributed by atoms with E-state index in [1.54, 1.807) is 0 Å². The molecule has 1 heterocycles. The van der Waals surface area contributed by atoms with Crippen molar-refractivity contribution in [3.63, 3.8) is 0 Å². The first kappa shape index (κ1) is 14.8. The molecule has 1 rings (SSSR count).